The Hall–Kier alpha value is -2.10. The largest absolute Gasteiger partial charge is 0.378 e. The van der Waals surface area contributed by atoms with Crippen LogP contribution in [-0.2, 0) is 0 Å². The number of aromatic nitrogens is 2. The van der Waals surface area contributed by atoms with Crippen LogP contribution in [-0.4, -0.2) is 9.97 Å². The number of hydrogen-bond donors (Lipinski definition) is 2. The highest BCUT2D eigenvalue weighted by Gasteiger charge is 2.15. The van der Waals surface area contributed by atoms with Crippen molar-refractivity contribution >= 4 is 5.69 Å². The molecule has 4 heteroatoms. The van der Waals surface area contributed by atoms with Gasteiger partial charge in [0.25, 0.3) is 5.56 Å². The van der Waals surface area contributed by atoms with Gasteiger partial charge in [-0.25, -0.2) is 4.98 Å². The third-order valence-electron chi connectivity index (χ3n) is 3.45. The molecule has 1 heterocycles. The number of aromatic amines is 1. The van der Waals surface area contributed by atoms with E-state index in [0.717, 1.165) is 11.4 Å². The Balaban J connectivity index is 2.33. The predicted molar refractivity (Wildman–Crippen MR) is 82.3 cm³/mol. The third-order valence-corrected chi connectivity index (χ3v) is 3.45. The van der Waals surface area contributed by atoms with Crippen molar-refractivity contribution in [3.8, 4) is 0 Å². The van der Waals surface area contributed by atoms with Gasteiger partial charge < -0.3 is 10.3 Å². The molecule has 0 amide bonds. The van der Waals surface area contributed by atoms with Crippen molar-refractivity contribution in [1.29, 1.82) is 0 Å². The average molecular weight is 271 g/mol. The first-order valence-electron chi connectivity index (χ1n) is 6.79. The van der Waals surface area contributed by atoms with E-state index in [1.807, 2.05) is 19.9 Å². The molecule has 2 N–H and O–H groups in total. The van der Waals surface area contributed by atoms with Gasteiger partial charge in [0.1, 0.15) is 5.82 Å². The van der Waals surface area contributed by atoms with Crippen LogP contribution in [0.4, 0.5) is 5.69 Å². The van der Waals surface area contributed by atoms with Crippen LogP contribution >= 0.6 is 0 Å². The highest BCUT2D eigenvalue weighted by Crippen LogP contribution is 2.22. The smallest absolute Gasteiger partial charge is 0.256 e. The molecule has 20 heavy (non-hydrogen) atoms. The van der Waals surface area contributed by atoms with E-state index in [-0.39, 0.29) is 11.6 Å². The summed E-state index contributed by atoms with van der Waals surface area (Å²) in [7, 11) is 0. The standard InChI is InChI=1S/C16H21N3O/c1-9-6-7-14(10(2)8-9)18-12(4)15-11(3)17-13(5)19-16(15)20/h6-8,12,18H,1-5H3,(H,17,19,20). The first-order valence-corrected chi connectivity index (χ1v) is 6.79. The molecule has 0 radical (unpaired) electrons. The summed E-state index contributed by atoms with van der Waals surface area (Å²) in [4.78, 5) is 19.2. The van der Waals surface area contributed by atoms with E-state index in [0.29, 0.717) is 11.4 Å². The molecule has 2 aromatic rings. The van der Waals surface area contributed by atoms with E-state index in [1.165, 1.54) is 11.1 Å². The molecule has 0 aliphatic rings. The number of anilines is 1. The SMILES string of the molecule is Cc1ccc(NC(C)c2c(C)nc(C)[nH]c2=O)c(C)c1. The van der Waals surface area contributed by atoms with E-state index in [2.05, 4.69) is 41.3 Å². The minimum Gasteiger partial charge on any atom is -0.378 e. The second-order valence-electron chi connectivity index (χ2n) is 5.33. The van der Waals surface area contributed by atoms with E-state index < -0.39 is 0 Å². The van der Waals surface area contributed by atoms with Crippen molar-refractivity contribution in [3.63, 3.8) is 0 Å². The maximum absolute atomic E-state index is 12.1. The van der Waals surface area contributed by atoms with Crippen LogP contribution in [0.2, 0.25) is 0 Å². The van der Waals surface area contributed by atoms with Gasteiger partial charge in [0.05, 0.1) is 17.3 Å². The van der Waals surface area contributed by atoms with Crippen LogP contribution in [0.25, 0.3) is 0 Å². The minimum atomic E-state index is -0.0896. The van der Waals surface area contributed by atoms with E-state index in [1.54, 1.807) is 6.92 Å². The second kappa shape index (κ2) is 5.49. The Morgan fingerprint density at radius 1 is 1.20 bits per heavy atom. The zero-order valence-electron chi connectivity index (χ0n) is 12.7. The second-order valence-corrected chi connectivity index (χ2v) is 5.33. The number of hydrogen-bond acceptors (Lipinski definition) is 3. The summed E-state index contributed by atoms with van der Waals surface area (Å²) in [5, 5.41) is 3.39. The van der Waals surface area contributed by atoms with E-state index in [9.17, 15) is 4.79 Å². The number of nitrogens with zero attached hydrogens (tertiary/aromatic N) is 1. The monoisotopic (exact) mass is 271 g/mol. The molecular weight excluding hydrogens is 250 g/mol. The molecule has 0 saturated heterocycles. The fourth-order valence-corrected chi connectivity index (χ4v) is 2.53. The third kappa shape index (κ3) is 2.90. The Kier molecular flexibility index (Phi) is 3.93. The van der Waals surface area contributed by atoms with Gasteiger partial charge in [0.15, 0.2) is 0 Å². The van der Waals surface area contributed by atoms with Crippen LogP contribution in [0.15, 0.2) is 23.0 Å². The summed E-state index contributed by atoms with van der Waals surface area (Å²) in [6.45, 7) is 9.78. The van der Waals surface area contributed by atoms with Crippen LogP contribution in [0.3, 0.4) is 0 Å². The quantitative estimate of drug-likeness (QED) is 0.901. The topological polar surface area (TPSA) is 57.8 Å². The number of nitrogens with one attached hydrogen (secondary N) is 2. The van der Waals surface area contributed by atoms with Gasteiger partial charge in [-0.15, -0.1) is 0 Å². The van der Waals surface area contributed by atoms with E-state index >= 15 is 0 Å². The highest BCUT2D eigenvalue weighted by molar-refractivity contribution is 5.53. The number of aryl methyl sites for hydroxylation is 4. The molecule has 0 fully saturated rings. The number of rotatable bonds is 3. The molecule has 0 saturated carbocycles. The summed E-state index contributed by atoms with van der Waals surface area (Å²) in [5.41, 5.74) is 4.84. The van der Waals surface area contributed by atoms with Gasteiger partial charge >= 0.3 is 0 Å². The molecule has 0 spiro atoms. The molecule has 2 rings (SSSR count). The lowest BCUT2D eigenvalue weighted by molar-refractivity contribution is 0.813. The molecule has 1 atom stereocenters. The lowest BCUT2D eigenvalue weighted by Crippen LogP contribution is -2.23. The molecule has 4 nitrogen and oxygen atoms in total. The molecule has 1 aromatic carbocycles. The first-order chi connectivity index (χ1) is 9.38. The van der Waals surface area contributed by atoms with Gasteiger partial charge in [0, 0.05) is 5.69 Å². The van der Waals surface area contributed by atoms with Crippen LogP contribution in [0.1, 0.15) is 41.2 Å². The molecule has 0 aliphatic carbocycles. The molecular formula is C16H21N3O. The van der Waals surface area contributed by atoms with E-state index in [4.69, 9.17) is 0 Å². The average Bonchev–Trinajstić information content (AvgIpc) is 2.31. The molecule has 1 unspecified atom stereocenters. The zero-order valence-corrected chi connectivity index (χ0v) is 12.7. The Morgan fingerprint density at radius 2 is 1.90 bits per heavy atom. The lowest BCUT2D eigenvalue weighted by atomic mass is 10.1. The molecule has 0 bridgehead atoms. The van der Waals surface area contributed by atoms with Crippen LogP contribution in [0, 0.1) is 27.7 Å². The van der Waals surface area contributed by atoms with Crippen molar-refractivity contribution in [2.45, 2.75) is 40.7 Å². The number of H-pyrrole nitrogens is 1. The van der Waals surface area contributed by atoms with Crippen molar-refractivity contribution in [1.82, 2.24) is 9.97 Å². The normalized spacial score (nSPS) is 12.2. The minimum absolute atomic E-state index is 0.0697. The van der Waals surface area contributed by atoms with Crippen LogP contribution in [0.5, 0.6) is 0 Å². The van der Waals surface area contributed by atoms with Crippen molar-refractivity contribution in [3.05, 3.63) is 56.8 Å². The fraction of sp³-hybridized carbons (Fsp3) is 0.375. The lowest BCUT2D eigenvalue weighted by Gasteiger charge is -2.18. The van der Waals surface area contributed by atoms with Gasteiger partial charge in [-0.1, -0.05) is 17.7 Å². The maximum atomic E-state index is 12.1. The van der Waals surface area contributed by atoms with Gasteiger partial charge in [-0.2, -0.15) is 0 Å². The first kappa shape index (κ1) is 14.3. The zero-order chi connectivity index (χ0) is 14.9. The maximum Gasteiger partial charge on any atom is 0.256 e. The highest BCUT2D eigenvalue weighted by atomic mass is 16.1. The Bertz CT molecular complexity index is 689. The summed E-state index contributed by atoms with van der Waals surface area (Å²) < 4.78 is 0. The molecule has 1 aromatic heterocycles. The van der Waals surface area contributed by atoms with Crippen LogP contribution < -0.4 is 10.9 Å². The fourth-order valence-electron chi connectivity index (χ4n) is 2.53. The van der Waals surface area contributed by atoms with Crippen molar-refractivity contribution < 1.29 is 0 Å². The van der Waals surface area contributed by atoms with Gasteiger partial charge in [0.2, 0.25) is 0 Å². The predicted octanol–water partition coefficient (Wildman–Crippen LogP) is 3.18. The van der Waals surface area contributed by atoms with Crippen molar-refractivity contribution in [2.24, 2.45) is 0 Å². The summed E-state index contributed by atoms with van der Waals surface area (Å²) >= 11 is 0. The molecule has 106 valence electrons. The number of benzene rings is 1. The van der Waals surface area contributed by atoms with Gasteiger partial charge in [-0.3, -0.25) is 4.79 Å². The Morgan fingerprint density at radius 3 is 2.50 bits per heavy atom. The summed E-state index contributed by atoms with van der Waals surface area (Å²) in [6, 6.07) is 6.14. The Labute approximate surface area is 119 Å². The summed E-state index contributed by atoms with van der Waals surface area (Å²) in [6.07, 6.45) is 0. The summed E-state index contributed by atoms with van der Waals surface area (Å²) in [5.74, 6) is 0.648. The van der Waals surface area contributed by atoms with Crippen molar-refractivity contribution in [2.75, 3.05) is 5.32 Å². The van der Waals surface area contributed by atoms with Gasteiger partial charge in [-0.05, 0) is 46.2 Å². The molecule has 0 aliphatic heterocycles.